The van der Waals surface area contributed by atoms with E-state index in [1.54, 1.807) is 0 Å². The fraction of sp³-hybridized carbons (Fsp3) is 0.294. The number of fused-ring (bicyclic) bond motifs is 2. The lowest BCUT2D eigenvalue weighted by Gasteiger charge is -2.15. The van der Waals surface area contributed by atoms with Gasteiger partial charge in [-0.2, -0.15) is 0 Å². The molecule has 0 atom stereocenters. The molecule has 92 valence electrons. The lowest BCUT2D eigenvalue weighted by atomic mass is 9.95. The van der Waals surface area contributed by atoms with Gasteiger partial charge in [-0.15, -0.1) is 0 Å². The van der Waals surface area contributed by atoms with E-state index < -0.39 is 0 Å². The van der Waals surface area contributed by atoms with E-state index in [1.807, 2.05) is 0 Å². The normalized spacial score (nSPS) is 15.6. The Bertz CT molecular complexity index is 481. The van der Waals surface area contributed by atoms with Crippen LogP contribution in [0, 0.1) is 0 Å². The van der Waals surface area contributed by atoms with Crippen LogP contribution in [-0.2, 0) is 25.8 Å². The molecule has 0 unspecified atom stereocenters. The third-order valence-electron chi connectivity index (χ3n) is 3.79. The molecule has 3 rings (SSSR count). The van der Waals surface area contributed by atoms with Crippen LogP contribution < -0.4 is 5.32 Å². The monoisotopic (exact) mass is 237 g/mol. The molecule has 0 spiro atoms. The van der Waals surface area contributed by atoms with Gasteiger partial charge in [0.05, 0.1) is 0 Å². The highest BCUT2D eigenvalue weighted by atomic mass is 14.8. The summed E-state index contributed by atoms with van der Waals surface area (Å²) >= 11 is 0. The van der Waals surface area contributed by atoms with Gasteiger partial charge in [-0.05, 0) is 48.1 Å². The van der Waals surface area contributed by atoms with Crippen molar-refractivity contribution in [1.82, 2.24) is 5.32 Å². The number of nitrogens with one attached hydrogen (secondary N) is 1. The van der Waals surface area contributed by atoms with Crippen molar-refractivity contribution in [3.05, 3.63) is 70.8 Å². The zero-order valence-corrected chi connectivity index (χ0v) is 10.7. The van der Waals surface area contributed by atoms with Crippen LogP contribution in [0.15, 0.2) is 48.5 Å². The Hall–Kier alpha value is -1.60. The van der Waals surface area contributed by atoms with E-state index in [0.29, 0.717) is 0 Å². The highest BCUT2D eigenvalue weighted by Crippen LogP contribution is 2.17. The number of aryl methyl sites for hydroxylation is 2. The second kappa shape index (κ2) is 5.36. The Kier molecular flexibility index (Phi) is 3.42. The summed E-state index contributed by atoms with van der Waals surface area (Å²) in [5, 5.41) is 3.55. The van der Waals surface area contributed by atoms with Crippen molar-refractivity contribution in [2.45, 2.75) is 25.8 Å². The third-order valence-corrected chi connectivity index (χ3v) is 3.79. The molecule has 2 aromatic rings. The van der Waals surface area contributed by atoms with Gasteiger partial charge >= 0.3 is 0 Å². The highest BCUT2D eigenvalue weighted by Gasteiger charge is 2.07. The minimum atomic E-state index is 0.998. The summed E-state index contributed by atoms with van der Waals surface area (Å²) in [5.74, 6) is 0. The van der Waals surface area contributed by atoms with Crippen molar-refractivity contribution in [2.75, 3.05) is 6.54 Å². The van der Waals surface area contributed by atoms with Crippen LogP contribution in [-0.4, -0.2) is 6.54 Å². The van der Waals surface area contributed by atoms with Gasteiger partial charge < -0.3 is 5.32 Å². The molecular formula is C17H19N. The summed E-state index contributed by atoms with van der Waals surface area (Å²) in [6.45, 7) is 2.06. The molecule has 0 bridgehead atoms. The quantitative estimate of drug-likeness (QED) is 0.742. The Morgan fingerprint density at radius 1 is 0.611 bits per heavy atom. The van der Waals surface area contributed by atoms with Crippen molar-refractivity contribution in [2.24, 2.45) is 0 Å². The van der Waals surface area contributed by atoms with Gasteiger partial charge in [0.1, 0.15) is 0 Å². The van der Waals surface area contributed by atoms with Crippen molar-refractivity contribution in [3.8, 4) is 0 Å². The van der Waals surface area contributed by atoms with E-state index in [-0.39, 0.29) is 0 Å². The van der Waals surface area contributed by atoms with E-state index in [2.05, 4.69) is 53.8 Å². The van der Waals surface area contributed by atoms with Crippen LogP contribution >= 0.6 is 0 Å². The van der Waals surface area contributed by atoms with E-state index in [4.69, 9.17) is 0 Å². The summed E-state index contributed by atoms with van der Waals surface area (Å²) in [6.07, 6.45) is 3.44. The first-order valence-corrected chi connectivity index (χ1v) is 6.78. The first-order chi connectivity index (χ1) is 8.93. The van der Waals surface area contributed by atoms with Gasteiger partial charge in [0.15, 0.2) is 0 Å². The number of hydrogen-bond donors (Lipinski definition) is 1. The Morgan fingerprint density at radius 2 is 1.11 bits per heavy atom. The standard InChI is InChI=1S/C17H19N/c1-2-7-16-11-12-18-13-17-8-4-3-6-15(17)10-9-14(16)5-1/h1-8,18H,9-13H2. The van der Waals surface area contributed by atoms with Crippen LogP contribution in [0.4, 0.5) is 0 Å². The van der Waals surface area contributed by atoms with Crippen LogP contribution in [0.25, 0.3) is 0 Å². The van der Waals surface area contributed by atoms with Crippen LogP contribution in [0.5, 0.6) is 0 Å². The lowest BCUT2D eigenvalue weighted by molar-refractivity contribution is 0.671. The summed E-state index contributed by atoms with van der Waals surface area (Å²) in [5.41, 5.74) is 5.96. The highest BCUT2D eigenvalue weighted by molar-refractivity contribution is 5.32. The second-order valence-electron chi connectivity index (χ2n) is 4.96. The average Bonchev–Trinajstić information content (AvgIpc) is 2.44. The molecule has 1 heteroatoms. The fourth-order valence-corrected chi connectivity index (χ4v) is 2.73. The lowest BCUT2D eigenvalue weighted by Crippen LogP contribution is -2.19. The van der Waals surface area contributed by atoms with Crippen LogP contribution in [0.1, 0.15) is 22.3 Å². The van der Waals surface area contributed by atoms with E-state index in [9.17, 15) is 0 Å². The minimum Gasteiger partial charge on any atom is -0.312 e. The van der Waals surface area contributed by atoms with Gasteiger partial charge in [-0.3, -0.25) is 0 Å². The fourth-order valence-electron chi connectivity index (χ4n) is 2.73. The smallest absolute Gasteiger partial charge is 0.0208 e. The summed E-state index contributed by atoms with van der Waals surface area (Å²) in [7, 11) is 0. The molecule has 1 aliphatic rings. The van der Waals surface area contributed by atoms with E-state index >= 15 is 0 Å². The molecule has 1 aliphatic heterocycles. The van der Waals surface area contributed by atoms with Gasteiger partial charge in [0.2, 0.25) is 0 Å². The Balaban J connectivity index is 1.90. The molecule has 0 aromatic heterocycles. The zero-order valence-electron chi connectivity index (χ0n) is 10.7. The van der Waals surface area contributed by atoms with Crippen molar-refractivity contribution in [3.63, 3.8) is 0 Å². The number of rotatable bonds is 0. The maximum absolute atomic E-state index is 3.55. The molecular weight excluding hydrogens is 218 g/mol. The maximum atomic E-state index is 3.55. The molecule has 1 N–H and O–H groups in total. The molecule has 1 nitrogen and oxygen atoms in total. The average molecular weight is 237 g/mol. The topological polar surface area (TPSA) is 12.0 Å². The predicted octanol–water partition coefficient (Wildman–Crippen LogP) is 3.12. The molecule has 0 radical (unpaired) electrons. The van der Waals surface area contributed by atoms with Crippen LogP contribution in [0.2, 0.25) is 0 Å². The summed E-state index contributed by atoms with van der Waals surface area (Å²) < 4.78 is 0. The molecule has 2 aromatic carbocycles. The van der Waals surface area contributed by atoms with Gasteiger partial charge in [0, 0.05) is 6.54 Å². The largest absolute Gasteiger partial charge is 0.312 e. The second-order valence-corrected chi connectivity index (χ2v) is 4.96. The SMILES string of the molecule is c1ccc2c(c1)CCNCc1ccccc1CC2. The van der Waals surface area contributed by atoms with Crippen LogP contribution in [0.3, 0.4) is 0 Å². The molecule has 0 amide bonds. The Labute approximate surface area is 109 Å². The van der Waals surface area contributed by atoms with E-state index in [1.165, 1.54) is 22.3 Å². The van der Waals surface area contributed by atoms with Gasteiger partial charge in [-0.1, -0.05) is 48.5 Å². The van der Waals surface area contributed by atoms with Gasteiger partial charge in [-0.25, -0.2) is 0 Å². The first-order valence-electron chi connectivity index (χ1n) is 6.78. The number of hydrogen-bond acceptors (Lipinski definition) is 1. The maximum Gasteiger partial charge on any atom is 0.0208 e. The van der Waals surface area contributed by atoms with Crippen molar-refractivity contribution < 1.29 is 0 Å². The van der Waals surface area contributed by atoms with E-state index in [0.717, 1.165) is 32.4 Å². The van der Waals surface area contributed by atoms with Crippen molar-refractivity contribution >= 4 is 0 Å². The molecule has 0 saturated heterocycles. The zero-order chi connectivity index (χ0) is 12.2. The predicted molar refractivity (Wildman–Crippen MR) is 75.7 cm³/mol. The Morgan fingerprint density at radius 3 is 1.78 bits per heavy atom. The number of benzene rings is 2. The summed E-state index contributed by atoms with van der Waals surface area (Å²) in [4.78, 5) is 0. The molecule has 0 saturated carbocycles. The molecule has 1 heterocycles. The van der Waals surface area contributed by atoms with Gasteiger partial charge in [0.25, 0.3) is 0 Å². The third kappa shape index (κ3) is 2.46. The summed E-state index contributed by atoms with van der Waals surface area (Å²) in [6, 6.07) is 17.7. The minimum absolute atomic E-state index is 0.998. The molecule has 0 aliphatic carbocycles. The first kappa shape index (κ1) is 11.5. The van der Waals surface area contributed by atoms with Crippen molar-refractivity contribution in [1.29, 1.82) is 0 Å². The molecule has 18 heavy (non-hydrogen) atoms. The molecule has 0 fully saturated rings.